The Balaban J connectivity index is 1.63. The predicted octanol–water partition coefficient (Wildman–Crippen LogP) is 2.53. The fraction of sp³-hybridized carbons (Fsp3) is 0.778. The average Bonchev–Trinajstić information content (AvgIpc) is 2.75. The second-order valence-electron chi connectivity index (χ2n) is 3.65. The third kappa shape index (κ3) is 2.66. The Morgan fingerprint density at radius 3 is 3.00 bits per heavy atom. The number of anilines is 1. The molecule has 0 spiro atoms. The van der Waals surface area contributed by atoms with Gasteiger partial charge in [0.15, 0.2) is 0 Å². The van der Waals surface area contributed by atoms with Crippen molar-refractivity contribution in [2.45, 2.75) is 32.1 Å². The van der Waals surface area contributed by atoms with Crippen LogP contribution in [0.1, 0.15) is 32.1 Å². The fourth-order valence-electron chi connectivity index (χ4n) is 1.94. The van der Waals surface area contributed by atoms with Crippen LogP contribution in [0.15, 0.2) is 6.20 Å². The smallest absolute Gasteiger partial charge is 0.130 e. The molecule has 72 valence electrons. The molecule has 1 aliphatic rings. The lowest BCUT2D eigenvalue weighted by molar-refractivity contribution is 0.519. The standard InChI is InChI=1S/C9H15N3S/c1-2-4-8(3-1)5-6-10-9-7-11-12-13-9/h7-8,10H,1-6H2. The largest absolute Gasteiger partial charge is 0.374 e. The zero-order valence-corrected chi connectivity index (χ0v) is 8.52. The average molecular weight is 197 g/mol. The Labute approximate surface area is 82.7 Å². The Morgan fingerprint density at radius 1 is 1.46 bits per heavy atom. The van der Waals surface area contributed by atoms with E-state index in [0.29, 0.717) is 0 Å². The summed E-state index contributed by atoms with van der Waals surface area (Å²) in [5.41, 5.74) is 0. The van der Waals surface area contributed by atoms with E-state index in [1.165, 1.54) is 43.6 Å². The van der Waals surface area contributed by atoms with Crippen molar-refractivity contribution < 1.29 is 0 Å². The van der Waals surface area contributed by atoms with E-state index in [0.717, 1.165) is 17.5 Å². The molecule has 4 heteroatoms. The van der Waals surface area contributed by atoms with Gasteiger partial charge in [0.25, 0.3) is 0 Å². The Morgan fingerprint density at radius 2 is 2.31 bits per heavy atom. The number of nitrogens with one attached hydrogen (secondary N) is 1. The van der Waals surface area contributed by atoms with E-state index in [1.807, 2.05) is 0 Å². The van der Waals surface area contributed by atoms with Gasteiger partial charge in [0.05, 0.1) is 6.20 Å². The lowest BCUT2D eigenvalue weighted by atomic mass is 10.0. The first kappa shape index (κ1) is 8.94. The van der Waals surface area contributed by atoms with Crippen molar-refractivity contribution in [3.8, 4) is 0 Å². The monoisotopic (exact) mass is 197 g/mol. The molecule has 0 bridgehead atoms. The molecule has 1 aromatic heterocycles. The summed E-state index contributed by atoms with van der Waals surface area (Å²) in [4.78, 5) is 0. The van der Waals surface area contributed by atoms with Crippen LogP contribution >= 0.6 is 11.5 Å². The molecule has 3 nitrogen and oxygen atoms in total. The Hall–Kier alpha value is -0.640. The first-order valence-corrected chi connectivity index (χ1v) is 5.74. The Bertz CT molecular complexity index is 229. The molecule has 1 aliphatic carbocycles. The van der Waals surface area contributed by atoms with E-state index in [4.69, 9.17) is 0 Å². The van der Waals surface area contributed by atoms with Gasteiger partial charge in [-0.05, 0) is 12.3 Å². The lowest BCUT2D eigenvalue weighted by Gasteiger charge is -2.08. The molecule has 0 atom stereocenters. The molecule has 0 amide bonds. The van der Waals surface area contributed by atoms with Crippen molar-refractivity contribution in [3.05, 3.63) is 6.20 Å². The molecule has 0 radical (unpaired) electrons. The molecule has 0 aromatic carbocycles. The molecule has 1 aromatic rings. The summed E-state index contributed by atoms with van der Waals surface area (Å²) in [5.74, 6) is 0.966. The highest BCUT2D eigenvalue weighted by Crippen LogP contribution is 2.27. The van der Waals surface area contributed by atoms with Crippen molar-refractivity contribution in [1.29, 1.82) is 0 Å². The maximum absolute atomic E-state index is 3.80. The van der Waals surface area contributed by atoms with E-state index in [2.05, 4.69) is 14.9 Å². The molecule has 1 saturated carbocycles. The van der Waals surface area contributed by atoms with Crippen LogP contribution in [0.5, 0.6) is 0 Å². The number of aromatic nitrogens is 2. The van der Waals surface area contributed by atoms with Crippen LogP contribution in [-0.4, -0.2) is 16.1 Å². The molecule has 0 saturated heterocycles. The highest BCUT2D eigenvalue weighted by molar-refractivity contribution is 7.09. The van der Waals surface area contributed by atoms with Gasteiger partial charge in [-0.1, -0.05) is 30.2 Å². The minimum atomic E-state index is 0.966. The quantitative estimate of drug-likeness (QED) is 0.806. The number of hydrogen-bond acceptors (Lipinski definition) is 4. The highest BCUT2D eigenvalue weighted by Gasteiger charge is 2.13. The molecule has 1 fully saturated rings. The molecule has 0 aliphatic heterocycles. The van der Waals surface area contributed by atoms with Crippen molar-refractivity contribution in [2.75, 3.05) is 11.9 Å². The zero-order chi connectivity index (χ0) is 8.93. The molecular weight excluding hydrogens is 182 g/mol. The number of hydrogen-bond donors (Lipinski definition) is 1. The molecule has 2 rings (SSSR count). The zero-order valence-electron chi connectivity index (χ0n) is 7.70. The van der Waals surface area contributed by atoms with Gasteiger partial charge >= 0.3 is 0 Å². The SMILES string of the molecule is c1nnsc1NCCC1CCCC1. The van der Waals surface area contributed by atoms with Crippen LogP contribution in [0.2, 0.25) is 0 Å². The van der Waals surface area contributed by atoms with Crippen LogP contribution < -0.4 is 5.32 Å². The third-order valence-corrected chi connectivity index (χ3v) is 3.31. The summed E-state index contributed by atoms with van der Waals surface area (Å²) < 4.78 is 3.80. The Kier molecular flexibility index (Phi) is 3.13. The van der Waals surface area contributed by atoms with Gasteiger partial charge in [-0.15, -0.1) is 5.10 Å². The van der Waals surface area contributed by atoms with E-state index < -0.39 is 0 Å². The molecule has 1 N–H and O–H groups in total. The van der Waals surface area contributed by atoms with Crippen molar-refractivity contribution in [2.24, 2.45) is 5.92 Å². The first-order chi connectivity index (χ1) is 6.45. The molecule has 1 heterocycles. The normalized spacial score (nSPS) is 17.8. The van der Waals surface area contributed by atoms with Gasteiger partial charge in [-0.3, -0.25) is 0 Å². The summed E-state index contributed by atoms with van der Waals surface area (Å²) in [7, 11) is 0. The summed E-state index contributed by atoms with van der Waals surface area (Å²) in [6, 6.07) is 0. The number of rotatable bonds is 4. The predicted molar refractivity (Wildman–Crippen MR) is 55.0 cm³/mol. The van der Waals surface area contributed by atoms with Crippen molar-refractivity contribution >= 4 is 16.5 Å². The van der Waals surface area contributed by atoms with E-state index in [1.54, 1.807) is 6.20 Å². The summed E-state index contributed by atoms with van der Waals surface area (Å²) in [5, 5.41) is 8.22. The van der Waals surface area contributed by atoms with E-state index in [9.17, 15) is 0 Å². The van der Waals surface area contributed by atoms with Gasteiger partial charge in [-0.25, -0.2) is 0 Å². The second kappa shape index (κ2) is 4.56. The van der Waals surface area contributed by atoms with Crippen LogP contribution in [-0.2, 0) is 0 Å². The van der Waals surface area contributed by atoms with Crippen LogP contribution in [0.25, 0.3) is 0 Å². The minimum Gasteiger partial charge on any atom is -0.374 e. The third-order valence-electron chi connectivity index (χ3n) is 2.69. The second-order valence-corrected chi connectivity index (χ2v) is 4.43. The van der Waals surface area contributed by atoms with Gasteiger partial charge in [0.1, 0.15) is 5.00 Å². The molecule has 13 heavy (non-hydrogen) atoms. The topological polar surface area (TPSA) is 37.8 Å². The first-order valence-electron chi connectivity index (χ1n) is 4.96. The maximum atomic E-state index is 3.80. The van der Waals surface area contributed by atoms with Gasteiger partial charge < -0.3 is 5.32 Å². The van der Waals surface area contributed by atoms with Gasteiger partial charge in [0, 0.05) is 18.1 Å². The van der Waals surface area contributed by atoms with Gasteiger partial charge in [0.2, 0.25) is 0 Å². The number of nitrogens with zero attached hydrogens (tertiary/aromatic N) is 2. The summed E-state index contributed by atoms with van der Waals surface area (Å²) >= 11 is 1.43. The van der Waals surface area contributed by atoms with Gasteiger partial charge in [-0.2, -0.15) is 0 Å². The summed E-state index contributed by atoms with van der Waals surface area (Å²) in [6.07, 6.45) is 8.84. The van der Waals surface area contributed by atoms with Crippen molar-refractivity contribution in [1.82, 2.24) is 9.59 Å². The van der Waals surface area contributed by atoms with E-state index in [-0.39, 0.29) is 0 Å². The fourth-order valence-corrected chi connectivity index (χ4v) is 2.39. The van der Waals surface area contributed by atoms with E-state index >= 15 is 0 Å². The molecule has 0 unspecified atom stereocenters. The summed E-state index contributed by atoms with van der Waals surface area (Å²) in [6.45, 7) is 1.08. The minimum absolute atomic E-state index is 0.966. The lowest BCUT2D eigenvalue weighted by Crippen LogP contribution is -2.05. The van der Waals surface area contributed by atoms with Crippen LogP contribution in [0.4, 0.5) is 5.00 Å². The maximum Gasteiger partial charge on any atom is 0.130 e. The highest BCUT2D eigenvalue weighted by atomic mass is 32.1. The van der Waals surface area contributed by atoms with Crippen molar-refractivity contribution in [3.63, 3.8) is 0 Å². The van der Waals surface area contributed by atoms with Crippen LogP contribution in [0.3, 0.4) is 0 Å². The molecular formula is C9H15N3S. The van der Waals surface area contributed by atoms with Crippen LogP contribution in [0, 0.1) is 5.92 Å².